The van der Waals surface area contributed by atoms with E-state index in [1.54, 1.807) is 89.9 Å². The maximum Gasteiger partial charge on any atom is 1.00 e. The Kier molecular flexibility index (Phi) is 8.86. The molecule has 0 N–H and O–H groups in total. The second-order valence-electron chi connectivity index (χ2n) is 14.6. The van der Waals surface area contributed by atoms with E-state index in [4.69, 9.17) is 0 Å². The molecular weight excluding hydrogens is 402 g/mol. The van der Waals surface area contributed by atoms with E-state index >= 15 is 0 Å². The van der Waals surface area contributed by atoms with Gasteiger partial charge in [-0.15, -0.1) is 0 Å². The minimum Gasteiger partial charge on any atom is -0.0689 e. The largest absolute Gasteiger partial charge is 1.00 e. The van der Waals surface area contributed by atoms with Crippen molar-refractivity contribution in [2.45, 2.75) is 128 Å². The molecule has 0 aromatic heterocycles. The van der Waals surface area contributed by atoms with Crippen LogP contribution in [0.4, 0.5) is 0 Å². The molecule has 3 heteroatoms. The Balaban J connectivity index is 0.00000130. The van der Waals surface area contributed by atoms with Crippen LogP contribution in [0.15, 0.2) is 0 Å². The molecule has 0 aliphatic heterocycles. The summed E-state index contributed by atoms with van der Waals surface area (Å²) < 4.78 is 0. The Bertz CT molecular complexity index is 662. The number of rotatable bonds is 3. The molecule has 6 fully saturated rings. The molecule has 0 nitrogen and oxygen atoms in total. The normalized spacial score (nSPS) is 48.8. The first-order chi connectivity index (χ1) is 14.9. The molecule has 0 heterocycles. The molecule has 0 aromatic rings. The molecule has 11 atom stereocenters. The van der Waals surface area contributed by atoms with Crippen molar-refractivity contribution < 1.29 is 37.7 Å². The van der Waals surface area contributed by atoms with Crippen LogP contribution in [0.5, 0.6) is 0 Å². The molecule has 11 unspecified atom stereocenters. The Morgan fingerprint density at radius 1 is 0.515 bits per heavy atom. The Morgan fingerprint density at radius 2 is 1.15 bits per heavy atom. The SMILES string of the molecule is CC(C)C1CC([Si](C)(C)C2CCC3C4CCCCC4CCC32)C2CC3CCCC3CC12.[Li+].[Li+]. The zero-order valence-corrected chi connectivity index (χ0v) is 24.3. The van der Waals surface area contributed by atoms with Crippen molar-refractivity contribution in [1.82, 2.24) is 0 Å². The summed E-state index contributed by atoms with van der Waals surface area (Å²) in [5.74, 6) is 11.1. The van der Waals surface area contributed by atoms with E-state index in [1.807, 2.05) is 0 Å². The van der Waals surface area contributed by atoms with E-state index in [1.165, 1.54) is 11.1 Å². The molecule has 0 aromatic carbocycles. The molecular formula is C30H52Li2Si+2. The van der Waals surface area contributed by atoms with Gasteiger partial charge in [-0.05, 0) is 115 Å². The van der Waals surface area contributed by atoms with Gasteiger partial charge >= 0.3 is 37.7 Å². The Labute approximate surface area is 231 Å². The van der Waals surface area contributed by atoms with Crippen LogP contribution in [0.1, 0.15) is 104 Å². The fourth-order valence-electron chi connectivity index (χ4n) is 11.8. The molecule has 0 spiro atoms. The number of hydrogen-bond acceptors (Lipinski definition) is 0. The van der Waals surface area contributed by atoms with E-state index < -0.39 is 8.07 Å². The average molecular weight is 455 g/mol. The predicted molar refractivity (Wildman–Crippen MR) is 136 cm³/mol. The van der Waals surface area contributed by atoms with E-state index in [9.17, 15) is 0 Å². The van der Waals surface area contributed by atoms with Crippen LogP contribution >= 0.6 is 0 Å². The summed E-state index contributed by atoms with van der Waals surface area (Å²) in [6.07, 6.45) is 22.5. The van der Waals surface area contributed by atoms with Gasteiger partial charge in [-0.2, -0.15) is 0 Å². The van der Waals surface area contributed by atoms with E-state index in [2.05, 4.69) is 26.9 Å². The van der Waals surface area contributed by atoms with Crippen LogP contribution in [-0.2, 0) is 0 Å². The minimum atomic E-state index is -1.24. The van der Waals surface area contributed by atoms with Gasteiger partial charge in [-0.25, -0.2) is 0 Å². The van der Waals surface area contributed by atoms with Crippen molar-refractivity contribution >= 4 is 8.07 Å². The van der Waals surface area contributed by atoms with Crippen LogP contribution in [0.3, 0.4) is 0 Å². The number of hydrogen-bond donors (Lipinski definition) is 0. The van der Waals surface area contributed by atoms with Gasteiger partial charge < -0.3 is 0 Å². The number of fused-ring (bicyclic) bond motifs is 5. The maximum atomic E-state index is 2.93. The second-order valence-corrected chi connectivity index (χ2v) is 19.7. The third-order valence-corrected chi connectivity index (χ3v) is 18.3. The standard InChI is InChI=1S/C30H52Si.2Li/c1-19(2)26-18-30(28-17-22-10-7-9-21(22)16-27(26)28)31(3,4)29-15-14-24-23-11-6-5-8-20(23)12-13-25(24)29;;/h19-30H,5-18H2,1-4H3;;/q;2*+1. The van der Waals surface area contributed by atoms with Crippen LogP contribution in [0, 0.1) is 59.2 Å². The Hall–Kier alpha value is 1.41. The van der Waals surface area contributed by atoms with Gasteiger partial charge in [0.15, 0.2) is 0 Å². The topological polar surface area (TPSA) is 0 Å². The maximum absolute atomic E-state index is 2.93. The second kappa shape index (κ2) is 10.6. The zero-order valence-electron chi connectivity index (χ0n) is 23.3. The minimum absolute atomic E-state index is 0. The van der Waals surface area contributed by atoms with Gasteiger partial charge in [-0.3, -0.25) is 0 Å². The molecule has 176 valence electrons. The third-order valence-electron chi connectivity index (χ3n) is 13.1. The molecule has 6 aliphatic carbocycles. The van der Waals surface area contributed by atoms with Crippen LogP contribution in [0.25, 0.3) is 0 Å². The van der Waals surface area contributed by atoms with Crippen LogP contribution < -0.4 is 37.7 Å². The van der Waals surface area contributed by atoms with Crippen molar-refractivity contribution in [1.29, 1.82) is 0 Å². The van der Waals surface area contributed by atoms with Crippen LogP contribution in [-0.4, -0.2) is 8.07 Å². The summed E-state index contributed by atoms with van der Waals surface area (Å²) in [7, 11) is -1.24. The fourth-order valence-corrected chi connectivity index (χ4v) is 17.2. The monoisotopic (exact) mass is 454 g/mol. The predicted octanol–water partition coefficient (Wildman–Crippen LogP) is 3.19. The quantitative estimate of drug-likeness (QED) is 0.575. The van der Waals surface area contributed by atoms with Crippen LogP contribution in [0.2, 0.25) is 24.2 Å². The van der Waals surface area contributed by atoms with E-state index in [0.29, 0.717) is 0 Å². The molecule has 0 amide bonds. The van der Waals surface area contributed by atoms with Crippen molar-refractivity contribution in [3.63, 3.8) is 0 Å². The first-order valence-electron chi connectivity index (χ1n) is 14.9. The molecule has 0 saturated heterocycles. The summed E-state index contributed by atoms with van der Waals surface area (Å²) in [6, 6.07) is 0. The molecule has 6 rings (SSSR count). The van der Waals surface area contributed by atoms with Gasteiger partial charge in [0.1, 0.15) is 0 Å². The van der Waals surface area contributed by atoms with Gasteiger partial charge in [0, 0.05) is 0 Å². The first-order valence-corrected chi connectivity index (χ1v) is 18.1. The van der Waals surface area contributed by atoms with Crippen molar-refractivity contribution in [2.24, 2.45) is 59.2 Å². The van der Waals surface area contributed by atoms with Crippen molar-refractivity contribution in [2.75, 3.05) is 0 Å². The smallest absolute Gasteiger partial charge is 0.0689 e. The van der Waals surface area contributed by atoms with Gasteiger partial charge in [0.05, 0.1) is 8.07 Å². The summed E-state index contributed by atoms with van der Waals surface area (Å²) in [4.78, 5) is 0. The summed E-state index contributed by atoms with van der Waals surface area (Å²) >= 11 is 0. The van der Waals surface area contributed by atoms with Crippen molar-refractivity contribution in [3.8, 4) is 0 Å². The first kappa shape index (κ1) is 27.4. The Morgan fingerprint density at radius 3 is 1.88 bits per heavy atom. The molecule has 6 aliphatic rings. The molecule has 33 heavy (non-hydrogen) atoms. The average Bonchev–Trinajstić information content (AvgIpc) is 3.48. The van der Waals surface area contributed by atoms with Crippen molar-refractivity contribution in [3.05, 3.63) is 0 Å². The summed E-state index contributed by atoms with van der Waals surface area (Å²) in [5, 5.41) is 0. The van der Waals surface area contributed by atoms with Gasteiger partial charge in [0.2, 0.25) is 0 Å². The molecule has 6 saturated carbocycles. The van der Waals surface area contributed by atoms with Gasteiger partial charge in [-0.1, -0.05) is 71.9 Å². The summed E-state index contributed by atoms with van der Waals surface area (Å²) in [6.45, 7) is 11.0. The molecule has 0 bridgehead atoms. The summed E-state index contributed by atoms with van der Waals surface area (Å²) in [5.41, 5.74) is 2.34. The molecule has 0 radical (unpaired) electrons. The fraction of sp³-hybridized carbons (Fsp3) is 1.00. The van der Waals surface area contributed by atoms with Gasteiger partial charge in [0.25, 0.3) is 0 Å². The zero-order chi connectivity index (χ0) is 21.3. The third kappa shape index (κ3) is 4.63. The van der Waals surface area contributed by atoms with E-state index in [-0.39, 0.29) is 37.7 Å². The van der Waals surface area contributed by atoms with E-state index in [0.717, 1.165) is 59.2 Å².